The lowest BCUT2D eigenvalue weighted by molar-refractivity contribution is -0.387. The third-order valence-electron chi connectivity index (χ3n) is 3.54. The van der Waals surface area contributed by atoms with Crippen molar-refractivity contribution in [3.63, 3.8) is 0 Å². The Balaban J connectivity index is 2.57. The van der Waals surface area contributed by atoms with Gasteiger partial charge in [-0.05, 0) is 36.6 Å². The number of carbonyl (C=O) groups is 1. The maximum Gasteiger partial charge on any atom is 0.284 e. The molecule has 2 aromatic carbocycles. The predicted octanol–water partition coefficient (Wildman–Crippen LogP) is 3.03. The van der Waals surface area contributed by atoms with E-state index in [-0.39, 0.29) is 17.2 Å². The Morgan fingerprint density at radius 3 is 2.48 bits per heavy atom. The molecular formula is C17H18N4O3S. The van der Waals surface area contributed by atoms with E-state index in [9.17, 15) is 14.9 Å². The van der Waals surface area contributed by atoms with Crippen LogP contribution in [0.15, 0.2) is 51.2 Å². The van der Waals surface area contributed by atoms with Gasteiger partial charge in [-0.3, -0.25) is 14.9 Å². The molecule has 0 spiro atoms. The average molecular weight is 358 g/mol. The van der Waals surface area contributed by atoms with Crippen LogP contribution in [0.1, 0.15) is 28.4 Å². The number of nitrogens with zero attached hydrogens (tertiary/aromatic N) is 2. The molecule has 0 heterocycles. The summed E-state index contributed by atoms with van der Waals surface area (Å²) in [5.41, 5.74) is 12.1. The number of nitro groups is 1. The number of carbonyl (C=O) groups excluding carboxylic acids is 1. The number of nitro benzene ring substituents is 1. The number of hydrogen-bond acceptors (Lipinski definition) is 4. The van der Waals surface area contributed by atoms with Gasteiger partial charge in [0.15, 0.2) is 5.96 Å². The molecule has 0 aromatic heterocycles. The monoisotopic (exact) mass is 358 g/mol. The minimum Gasteiger partial charge on any atom is -0.370 e. The summed E-state index contributed by atoms with van der Waals surface area (Å²) in [5.74, 6) is -1.07. The van der Waals surface area contributed by atoms with Gasteiger partial charge in [0.2, 0.25) is 0 Å². The van der Waals surface area contributed by atoms with Gasteiger partial charge < -0.3 is 11.5 Å². The van der Waals surface area contributed by atoms with E-state index < -0.39 is 10.8 Å². The van der Waals surface area contributed by atoms with Crippen LogP contribution in [0.2, 0.25) is 0 Å². The minimum absolute atomic E-state index is 0.136. The van der Waals surface area contributed by atoms with E-state index in [1.54, 1.807) is 6.07 Å². The Morgan fingerprint density at radius 2 is 1.92 bits per heavy atom. The van der Waals surface area contributed by atoms with Crippen molar-refractivity contribution in [1.82, 2.24) is 0 Å². The molecule has 25 heavy (non-hydrogen) atoms. The molecule has 0 aliphatic heterocycles. The topological polar surface area (TPSA) is 125 Å². The van der Waals surface area contributed by atoms with E-state index in [1.807, 2.05) is 38.1 Å². The fourth-order valence-electron chi connectivity index (χ4n) is 2.29. The number of guanidine groups is 1. The molecular weight excluding hydrogens is 340 g/mol. The molecule has 0 aliphatic carbocycles. The highest BCUT2D eigenvalue weighted by Gasteiger charge is 2.22. The Morgan fingerprint density at radius 1 is 1.24 bits per heavy atom. The molecule has 0 aliphatic rings. The average Bonchev–Trinajstić information content (AvgIpc) is 2.55. The first kappa shape index (κ1) is 18.5. The first-order valence-corrected chi connectivity index (χ1v) is 8.33. The number of nitrogens with two attached hydrogens (primary N) is 2. The number of rotatable bonds is 5. The summed E-state index contributed by atoms with van der Waals surface area (Å²) in [4.78, 5) is 28.0. The van der Waals surface area contributed by atoms with E-state index in [2.05, 4.69) is 4.99 Å². The van der Waals surface area contributed by atoms with Crippen LogP contribution in [0, 0.1) is 17.0 Å². The maximum atomic E-state index is 12.2. The molecule has 0 fully saturated rings. The minimum atomic E-state index is -0.688. The SMILES string of the molecule is CCc1cc(Sc2ccccc2C)c([N+](=O)[O-])cc1C(=O)N=C(N)N. The fourth-order valence-corrected chi connectivity index (χ4v) is 3.35. The van der Waals surface area contributed by atoms with Crippen LogP contribution < -0.4 is 11.5 Å². The lowest BCUT2D eigenvalue weighted by atomic mass is 10.0. The Kier molecular flexibility index (Phi) is 5.76. The van der Waals surface area contributed by atoms with Crippen molar-refractivity contribution in [2.75, 3.05) is 0 Å². The highest BCUT2D eigenvalue weighted by Crippen LogP contribution is 2.38. The molecule has 0 atom stereocenters. The molecule has 0 saturated carbocycles. The Labute approximate surface area is 149 Å². The number of hydrogen-bond donors (Lipinski definition) is 2. The largest absolute Gasteiger partial charge is 0.370 e. The van der Waals surface area contributed by atoms with Gasteiger partial charge in [-0.15, -0.1) is 0 Å². The first-order valence-electron chi connectivity index (χ1n) is 7.52. The zero-order valence-electron chi connectivity index (χ0n) is 13.9. The maximum absolute atomic E-state index is 12.2. The number of benzene rings is 2. The molecule has 7 nitrogen and oxygen atoms in total. The molecule has 130 valence electrons. The summed E-state index contributed by atoms with van der Waals surface area (Å²) in [6.07, 6.45) is 0.514. The number of aliphatic imine (C=N–C) groups is 1. The zero-order chi connectivity index (χ0) is 18.6. The van der Waals surface area contributed by atoms with Gasteiger partial charge in [-0.1, -0.05) is 36.9 Å². The molecule has 0 unspecified atom stereocenters. The van der Waals surface area contributed by atoms with Crippen molar-refractivity contribution in [2.45, 2.75) is 30.1 Å². The molecule has 2 aromatic rings. The van der Waals surface area contributed by atoms with Crippen LogP contribution in [-0.4, -0.2) is 16.8 Å². The van der Waals surface area contributed by atoms with Gasteiger partial charge in [0.05, 0.1) is 15.4 Å². The standard InChI is InChI=1S/C17H18N4O3S/c1-3-11-8-15(25-14-7-5-4-6-10(14)2)13(21(23)24)9-12(11)16(22)20-17(18)19/h4-9H,3H2,1-2H3,(H4,18,19,20,22). The van der Waals surface area contributed by atoms with Gasteiger partial charge >= 0.3 is 0 Å². The summed E-state index contributed by atoms with van der Waals surface area (Å²) >= 11 is 1.29. The lowest BCUT2D eigenvalue weighted by Crippen LogP contribution is -2.24. The van der Waals surface area contributed by atoms with Crippen LogP contribution in [0.5, 0.6) is 0 Å². The van der Waals surface area contributed by atoms with Crippen LogP contribution >= 0.6 is 11.8 Å². The Bertz CT molecular complexity index is 861. The van der Waals surface area contributed by atoms with Crippen LogP contribution in [-0.2, 0) is 6.42 Å². The highest BCUT2D eigenvalue weighted by molar-refractivity contribution is 7.99. The smallest absolute Gasteiger partial charge is 0.284 e. The van der Waals surface area contributed by atoms with Crippen LogP contribution in [0.25, 0.3) is 0 Å². The van der Waals surface area contributed by atoms with Crippen molar-refractivity contribution >= 4 is 29.3 Å². The van der Waals surface area contributed by atoms with E-state index in [1.165, 1.54) is 17.8 Å². The lowest BCUT2D eigenvalue weighted by Gasteiger charge is -2.10. The molecule has 2 rings (SSSR count). The normalized spacial score (nSPS) is 10.3. The van der Waals surface area contributed by atoms with Crippen molar-refractivity contribution in [1.29, 1.82) is 0 Å². The zero-order valence-corrected chi connectivity index (χ0v) is 14.7. The predicted molar refractivity (Wildman–Crippen MR) is 97.9 cm³/mol. The Hall–Kier alpha value is -2.87. The number of amides is 1. The van der Waals surface area contributed by atoms with E-state index in [0.29, 0.717) is 16.9 Å². The van der Waals surface area contributed by atoms with Gasteiger partial charge in [0.25, 0.3) is 11.6 Å². The van der Waals surface area contributed by atoms with E-state index in [4.69, 9.17) is 11.5 Å². The van der Waals surface area contributed by atoms with Crippen LogP contribution in [0.4, 0.5) is 5.69 Å². The third kappa shape index (κ3) is 4.36. The highest BCUT2D eigenvalue weighted by atomic mass is 32.2. The van der Waals surface area contributed by atoms with E-state index in [0.717, 1.165) is 10.5 Å². The van der Waals surface area contributed by atoms with Gasteiger partial charge in [-0.25, -0.2) is 0 Å². The summed E-state index contributed by atoms with van der Waals surface area (Å²) < 4.78 is 0. The molecule has 8 heteroatoms. The molecule has 1 amide bonds. The summed E-state index contributed by atoms with van der Waals surface area (Å²) in [5, 5.41) is 11.5. The number of aryl methyl sites for hydroxylation is 2. The van der Waals surface area contributed by atoms with Gasteiger partial charge in [0.1, 0.15) is 0 Å². The molecule has 0 bridgehead atoms. The second-order valence-electron chi connectivity index (χ2n) is 5.30. The molecule has 4 N–H and O–H groups in total. The second kappa shape index (κ2) is 7.80. The second-order valence-corrected chi connectivity index (χ2v) is 6.38. The fraction of sp³-hybridized carbons (Fsp3) is 0.176. The van der Waals surface area contributed by atoms with Crippen molar-refractivity contribution in [3.8, 4) is 0 Å². The summed E-state index contributed by atoms with van der Waals surface area (Å²) in [6.45, 7) is 3.79. The molecule has 0 radical (unpaired) electrons. The van der Waals surface area contributed by atoms with Gasteiger partial charge in [0, 0.05) is 11.0 Å². The van der Waals surface area contributed by atoms with E-state index >= 15 is 0 Å². The summed E-state index contributed by atoms with van der Waals surface area (Å²) in [6, 6.07) is 10.5. The van der Waals surface area contributed by atoms with Crippen molar-refractivity contribution in [3.05, 3.63) is 63.2 Å². The van der Waals surface area contributed by atoms with Crippen molar-refractivity contribution in [2.24, 2.45) is 16.5 Å². The van der Waals surface area contributed by atoms with Crippen LogP contribution in [0.3, 0.4) is 0 Å². The molecule has 0 saturated heterocycles. The quantitative estimate of drug-likeness (QED) is 0.366. The van der Waals surface area contributed by atoms with Gasteiger partial charge in [-0.2, -0.15) is 4.99 Å². The first-order chi connectivity index (χ1) is 11.8. The van der Waals surface area contributed by atoms with Crippen molar-refractivity contribution < 1.29 is 9.72 Å². The third-order valence-corrected chi connectivity index (χ3v) is 4.76. The summed E-state index contributed by atoms with van der Waals surface area (Å²) in [7, 11) is 0.